The van der Waals surface area contributed by atoms with E-state index in [1.807, 2.05) is 0 Å². The zero-order chi connectivity index (χ0) is 11.1. The van der Waals surface area contributed by atoms with E-state index in [1.165, 1.54) is 12.2 Å². The van der Waals surface area contributed by atoms with E-state index in [0.717, 1.165) is 5.56 Å². The van der Waals surface area contributed by atoms with Gasteiger partial charge in [-0.15, -0.1) is 0 Å². The lowest BCUT2D eigenvalue weighted by Crippen LogP contribution is -1.83. The maximum absolute atomic E-state index is 11.2. The van der Waals surface area contributed by atoms with Crippen molar-refractivity contribution >= 4 is 11.9 Å². The molecule has 1 aromatic carbocycles. The molecule has 0 aromatic heterocycles. The number of phenols is 1. The second kappa shape index (κ2) is 5.60. The topological polar surface area (TPSA) is 37.3 Å². The number of benzene rings is 1. The third-order valence-corrected chi connectivity index (χ3v) is 1.71. The maximum Gasteiger partial charge on any atom is 0.178 e. The summed E-state index contributed by atoms with van der Waals surface area (Å²) >= 11 is 0. The Balaban J connectivity index is 2.69. The molecule has 0 radical (unpaired) electrons. The highest BCUT2D eigenvalue weighted by Crippen LogP contribution is 2.11. The maximum atomic E-state index is 11.2. The lowest BCUT2D eigenvalue weighted by molar-refractivity contribution is -0.110. The molecule has 0 atom stereocenters. The van der Waals surface area contributed by atoms with Crippen LogP contribution in [0.4, 0.5) is 0 Å². The van der Waals surface area contributed by atoms with E-state index in [1.54, 1.807) is 42.5 Å². The highest BCUT2D eigenvalue weighted by Gasteiger charge is 1.91. The van der Waals surface area contributed by atoms with E-state index in [9.17, 15) is 9.90 Å². The van der Waals surface area contributed by atoms with Gasteiger partial charge in [0.1, 0.15) is 5.75 Å². The van der Waals surface area contributed by atoms with Crippen LogP contribution in [-0.4, -0.2) is 10.9 Å². The van der Waals surface area contributed by atoms with Crippen molar-refractivity contribution in [2.75, 3.05) is 0 Å². The normalized spacial score (nSPS) is 10.9. The van der Waals surface area contributed by atoms with Gasteiger partial charge in [0.2, 0.25) is 0 Å². The molecule has 1 rings (SSSR count). The molecule has 0 spiro atoms. The number of aromatic hydroxyl groups is 1. The van der Waals surface area contributed by atoms with Gasteiger partial charge in [0, 0.05) is 0 Å². The number of rotatable bonds is 4. The number of phenolic OH excluding ortho intramolecular Hbond substituents is 1. The monoisotopic (exact) mass is 200 g/mol. The molecule has 0 fully saturated rings. The van der Waals surface area contributed by atoms with Crippen molar-refractivity contribution in [2.45, 2.75) is 0 Å². The highest BCUT2D eigenvalue weighted by atomic mass is 16.3. The first kappa shape index (κ1) is 11.0. The molecule has 1 aromatic rings. The summed E-state index contributed by atoms with van der Waals surface area (Å²) < 4.78 is 0. The first-order chi connectivity index (χ1) is 7.22. The second-order valence-electron chi connectivity index (χ2n) is 2.93. The van der Waals surface area contributed by atoms with Crippen LogP contribution in [0.1, 0.15) is 5.56 Å². The van der Waals surface area contributed by atoms with Gasteiger partial charge in [0.25, 0.3) is 0 Å². The van der Waals surface area contributed by atoms with Gasteiger partial charge in [-0.1, -0.05) is 36.9 Å². The van der Waals surface area contributed by atoms with Crippen molar-refractivity contribution in [2.24, 2.45) is 0 Å². The van der Waals surface area contributed by atoms with Gasteiger partial charge >= 0.3 is 0 Å². The summed E-state index contributed by atoms with van der Waals surface area (Å²) in [6.45, 7) is 3.47. The minimum Gasteiger partial charge on any atom is -0.508 e. The number of ketones is 1. The molecule has 0 aliphatic heterocycles. The number of hydrogen-bond acceptors (Lipinski definition) is 2. The molecule has 0 amide bonds. The third-order valence-electron chi connectivity index (χ3n) is 1.71. The SMILES string of the molecule is C=CC=CC(=O)C=Cc1cccc(O)c1. The van der Waals surface area contributed by atoms with Crippen molar-refractivity contribution in [3.63, 3.8) is 0 Å². The van der Waals surface area contributed by atoms with Gasteiger partial charge in [0.15, 0.2) is 5.78 Å². The molecule has 0 bridgehead atoms. The van der Waals surface area contributed by atoms with E-state index in [-0.39, 0.29) is 11.5 Å². The van der Waals surface area contributed by atoms with Crippen LogP contribution in [-0.2, 0) is 4.79 Å². The van der Waals surface area contributed by atoms with Gasteiger partial charge in [-0.2, -0.15) is 0 Å². The molecule has 15 heavy (non-hydrogen) atoms. The fourth-order valence-corrected chi connectivity index (χ4v) is 1.03. The Hall–Kier alpha value is -2.09. The Kier molecular flexibility index (Phi) is 4.10. The molecule has 0 saturated carbocycles. The Bertz CT molecular complexity index is 414. The van der Waals surface area contributed by atoms with Crippen LogP contribution in [0.3, 0.4) is 0 Å². The summed E-state index contributed by atoms with van der Waals surface area (Å²) in [5.41, 5.74) is 0.787. The standard InChI is InChI=1S/C13H12O2/c1-2-3-6-12(14)9-8-11-5-4-7-13(15)10-11/h2-10,15H,1H2. The molecular formula is C13H12O2. The largest absolute Gasteiger partial charge is 0.508 e. The molecule has 0 saturated heterocycles. The van der Waals surface area contributed by atoms with E-state index in [2.05, 4.69) is 6.58 Å². The van der Waals surface area contributed by atoms with Crippen molar-refractivity contribution in [3.8, 4) is 5.75 Å². The first-order valence-electron chi connectivity index (χ1n) is 4.52. The first-order valence-corrected chi connectivity index (χ1v) is 4.52. The van der Waals surface area contributed by atoms with E-state index in [4.69, 9.17) is 0 Å². The summed E-state index contributed by atoms with van der Waals surface area (Å²) in [4.78, 5) is 11.2. The molecule has 0 aliphatic rings. The fourth-order valence-electron chi connectivity index (χ4n) is 1.03. The summed E-state index contributed by atoms with van der Waals surface area (Å²) in [5, 5.41) is 9.17. The molecule has 0 aliphatic carbocycles. The third kappa shape index (κ3) is 4.09. The Morgan fingerprint density at radius 3 is 2.80 bits per heavy atom. The summed E-state index contributed by atoms with van der Waals surface area (Å²) in [7, 11) is 0. The van der Waals surface area contributed by atoms with Gasteiger partial charge in [-0.05, 0) is 29.8 Å². The van der Waals surface area contributed by atoms with Crippen LogP contribution in [0.5, 0.6) is 5.75 Å². The Labute approximate surface area is 88.9 Å². The van der Waals surface area contributed by atoms with Crippen LogP contribution < -0.4 is 0 Å². The minimum absolute atomic E-state index is 0.113. The summed E-state index contributed by atoms with van der Waals surface area (Å²) in [5.74, 6) is 0.0736. The lowest BCUT2D eigenvalue weighted by Gasteiger charge is -1.93. The fraction of sp³-hybridized carbons (Fsp3) is 0. The summed E-state index contributed by atoms with van der Waals surface area (Å²) in [6, 6.07) is 6.69. The molecule has 2 heteroatoms. The molecule has 2 nitrogen and oxygen atoms in total. The molecule has 0 heterocycles. The quantitative estimate of drug-likeness (QED) is 0.599. The predicted octanol–water partition coefficient (Wildman–Crippen LogP) is 2.72. The molecule has 0 unspecified atom stereocenters. The van der Waals surface area contributed by atoms with E-state index < -0.39 is 0 Å². The van der Waals surface area contributed by atoms with Crippen LogP contribution in [0.25, 0.3) is 6.08 Å². The molecule has 1 N–H and O–H groups in total. The number of carbonyl (C=O) groups is 1. The van der Waals surface area contributed by atoms with Crippen molar-refractivity contribution in [1.82, 2.24) is 0 Å². The second-order valence-corrected chi connectivity index (χ2v) is 2.93. The van der Waals surface area contributed by atoms with Crippen LogP contribution in [0.15, 0.2) is 55.1 Å². The van der Waals surface area contributed by atoms with Gasteiger partial charge in [0.05, 0.1) is 0 Å². The minimum atomic E-state index is -0.113. The smallest absolute Gasteiger partial charge is 0.178 e. The number of allylic oxidation sites excluding steroid dienone is 4. The van der Waals surface area contributed by atoms with E-state index >= 15 is 0 Å². The summed E-state index contributed by atoms with van der Waals surface area (Å²) in [6.07, 6.45) is 7.63. The number of carbonyl (C=O) groups excluding carboxylic acids is 1. The number of hydrogen-bond donors (Lipinski definition) is 1. The zero-order valence-corrected chi connectivity index (χ0v) is 8.26. The average molecular weight is 200 g/mol. The molecule has 76 valence electrons. The van der Waals surface area contributed by atoms with Crippen LogP contribution in [0.2, 0.25) is 0 Å². The van der Waals surface area contributed by atoms with Gasteiger partial charge < -0.3 is 5.11 Å². The van der Waals surface area contributed by atoms with Gasteiger partial charge in [-0.3, -0.25) is 4.79 Å². The van der Waals surface area contributed by atoms with Gasteiger partial charge in [-0.25, -0.2) is 0 Å². The highest BCUT2D eigenvalue weighted by molar-refractivity contribution is 6.02. The van der Waals surface area contributed by atoms with Crippen molar-refractivity contribution < 1.29 is 9.90 Å². The van der Waals surface area contributed by atoms with Crippen LogP contribution in [0, 0.1) is 0 Å². The van der Waals surface area contributed by atoms with Crippen molar-refractivity contribution in [3.05, 3.63) is 60.7 Å². The van der Waals surface area contributed by atoms with Crippen LogP contribution >= 0.6 is 0 Å². The predicted molar refractivity (Wildman–Crippen MR) is 61.5 cm³/mol. The van der Waals surface area contributed by atoms with Crippen molar-refractivity contribution in [1.29, 1.82) is 0 Å². The average Bonchev–Trinajstić information content (AvgIpc) is 2.23. The zero-order valence-electron chi connectivity index (χ0n) is 8.26. The Morgan fingerprint density at radius 1 is 1.33 bits per heavy atom. The lowest BCUT2D eigenvalue weighted by atomic mass is 10.2. The van der Waals surface area contributed by atoms with E-state index in [0.29, 0.717) is 0 Å². The Morgan fingerprint density at radius 2 is 2.13 bits per heavy atom. The molecular weight excluding hydrogens is 188 g/mol.